The van der Waals surface area contributed by atoms with Crippen molar-refractivity contribution in [2.75, 3.05) is 30.0 Å². The van der Waals surface area contributed by atoms with Crippen LogP contribution in [0.4, 0.5) is 9.93 Å². The highest BCUT2D eigenvalue weighted by atomic mass is 32.2. The summed E-state index contributed by atoms with van der Waals surface area (Å²) in [5, 5.41) is 30.0. The number of oxime groups is 1. The highest BCUT2D eigenvalue weighted by Gasteiger charge is 2.54. The van der Waals surface area contributed by atoms with Crippen LogP contribution in [0.3, 0.4) is 0 Å². The van der Waals surface area contributed by atoms with Crippen LogP contribution >= 0.6 is 46.2 Å². The number of rotatable bonds is 13. The normalized spacial score (nSPS) is 18.3. The Labute approximate surface area is 261 Å². The van der Waals surface area contributed by atoms with Gasteiger partial charge in [0.25, 0.3) is 11.8 Å². The number of amides is 4. The largest absolute Gasteiger partial charge is 0.477 e. The lowest BCUT2D eigenvalue weighted by atomic mass is 10.0. The SMILES string of the molecule is CC(C)(C)OC(=O)NCCON=C(C(=O)NC1C(=O)N2C(C(=O)O)=C(CSc3nncs3)CS[C@H]12)c1csc(NC=O)n1. The number of fused-ring (bicyclic) bond motifs is 1. The fraction of sp³-hybridized carbons (Fsp3) is 0.435. The molecule has 230 valence electrons. The Bertz CT molecular complexity index is 1440. The maximum atomic E-state index is 13.3. The second-order valence-electron chi connectivity index (χ2n) is 9.61. The van der Waals surface area contributed by atoms with Gasteiger partial charge in [-0.15, -0.1) is 33.3 Å². The van der Waals surface area contributed by atoms with Gasteiger partial charge in [-0.3, -0.25) is 19.3 Å². The molecule has 2 aromatic heterocycles. The summed E-state index contributed by atoms with van der Waals surface area (Å²) in [6.45, 7) is 5.05. The number of thiazole rings is 1. The van der Waals surface area contributed by atoms with Gasteiger partial charge < -0.3 is 30.6 Å². The second kappa shape index (κ2) is 14.1. The molecule has 4 amide bonds. The maximum absolute atomic E-state index is 13.3. The molecule has 4 rings (SSSR count). The minimum Gasteiger partial charge on any atom is -0.477 e. The van der Waals surface area contributed by atoms with Gasteiger partial charge in [-0.05, 0) is 26.3 Å². The molecule has 16 nitrogen and oxygen atoms in total. The summed E-state index contributed by atoms with van der Waals surface area (Å²) in [5.74, 6) is -2.00. The number of nitrogens with zero attached hydrogens (tertiary/aromatic N) is 5. The predicted molar refractivity (Wildman–Crippen MR) is 159 cm³/mol. The van der Waals surface area contributed by atoms with Gasteiger partial charge in [0, 0.05) is 16.9 Å². The topological polar surface area (TPSA) is 214 Å². The number of ether oxygens (including phenoxy) is 1. The van der Waals surface area contributed by atoms with Crippen LogP contribution in [0.5, 0.6) is 0 Å². The van der Waals surface area contributed by atoms with Gasteiger partial charge in [0.1, 0.15) is 40.5 Å². The number of thioether (sulfide) groups is 2. The third kappa shape index (κ3) is 8.21. The standard InChI is InChI=1S/C23H26N8O8S4/c1-23(2,3)39-21(37)24-4-5-38-30-13(12-8-41-20(27-12)25-9-32)16(33)28-14-17(34)31-15(19(35)36)11(6-40-18(14)31)7-42-22-29-26-10-43-22/h8-10,14,18H,4-7H2,1-3H3,(H,24,37)(H,28,33)(H,35,36)(H,25,27,32)/t14?,18-/m1/s1. The number of β-lactam (4-membered cyclic amide) rings is 1. The Morgan fingerprint density at radius 1 is 1.30 bits per heavy atom. The molecule has 43 heavy (non-hydrogen) atoms. The van der Waals surface area contributed by atoms with Crippen molar-refractivity contribution in [2.24, 2.45) is 5.16 Å². The third-order valence-corrected chi connectivity index (χ3v) is 9.47. The lowest BCUT2D eigenvalue weighted by molar-refractivity contribution is -0.150. The van der Waals surface area contributed by atoms with Gasteiger partial charge in [0.05, 0.1) is 6.54 Å². The van der Waals surface area contributed by atoms with Crippen LogP contribution in [0, 0.1) is 0 Å². The van der Waals surface area contributed by atoms with Crippen LogP contribution in [0.25, 0.3) is 0 Å². The number of anilines is 1. The minimum atomic E-state index is -1.25. The van der Waals surface area contributed by atoms with Crippen molar-refractivity contribution in [3.63, 3.8) is 0 Å². The van der Waals surface area contributed by atoms with Gasteiger partial charge in [-0.2, -0.15) is 0 Å². The molecule has 2 aliphatic heterocycles. The molecular formula is C23H26N8O8S4. The van der Waals surface area contributed by atoms with Gasteiger partial charge in [0.2, 0.25) is 6.41 Å². The van der Waals surface area contributed by atoms with Crippen molar-refractivity contribution >= 4 is 87.3 Å². The number of carboxylic acids is 1. The summed E-state index contributed by atoms with van der Waals surface area (Å²) < 4.78 is 5.81. The first-order valence-corrected chi connectivity index (χ1v) is 16.2. The lowest BCUT2D eigenvalue weighted by Crippen LogP contribution is -2.71. The van der Waals surface area contributed by atoms with E-state index in [0.717, 1.165) is 11.3 Å². The van der Waals surface area contributed by atoms with Crippen molar-refractivity contribution in [3.8, 4) is 0 Å². The first-order chi connectivity index (χ1) is 20.5. The van der Waals surface area contributed by atoms with Crippen LogP contribution in [-0.2, 0) is 28.8 Å². The van der Waals surface area contributed by atoms with E-state index in [-0.39, 0.29) is 35.4 Å². The van der Waals surface area contributed by atoms with E-state index in [9.17, 15) is 29.1 Å². The van der Waals surface area contributed by atoms with E-state index in [2.05, 4.69) is 36.3 Å². The monoisotopic (exact) mass is 670 g/mol. The number of carbonyl (C=O) groups is 5. The molecular weight excluding hydrogens is 645 g/mol. The van der Waals surface area contributed by atoms with Crippen molar-refractivity contribution in [3.05, 3.63) is 27.9 Å². The first-order valence-electron chi connectivity index (χ1n) is 12.4. The third-order valence-electron chi connectivity index (χ3n) is 5.41. The molecule has 4 heterocycles. The van der Waals surface area contributed by atoms with Gasteiger partial charge in [0.15, 0.2) is 15.2 Å². The predicted octanol–water partition coefficient (Wildman–Crippen LogP) is 1.34. The van der Waals surface area contributed by atoms with E-state index in [1.54, 1.807) is 26.3 Å². The molecule has 1 unspecified atom stereocenters. The molecule has 0 aliphatic carbocycles. The average molecular weight is 671 g/mol. The zero-order valence-electron chi connectivity index (χ0n) is 22.9. The molecule has 1 saturated heterocycles. The van der Waals surface area contributed by atoms with Crippen LogP contribution in [0.15, 0.2) is 31.7 Å². The van der Waals surface area contributed by atoms with Crippen LogP contribution < -0.4 is 16.0 Å². The van der Waals surface area contributed by atoms with Crippen LogP contribution in [0.1, 0.15) is 26.5 Å². The summed E-state index contributed by atoms with van der Waals surface area (Å²) in [6, 6.07) is -1.03. The van der Waals surface area contributed by atoms with E-state index in [1.165, 1.54) is 45.1 Å². The minimum absolute atomic E-state index is 0.0150. The molecule has 2 atom stereocenters. The van der Waals surface area contributed by atoms with Gasteiger partial charge >= 0.3 is 12.1 Å². The average Bonchev–Trinajstić information content (AvgIpc) is 3.63. The fourth-order valence-corrected chi connectivity index (χ4v) is 7.33. The smallest absolute Gasteiger partial charge is 0.407 e. The summed E-state index contributed by atoms with van der Waals surface area (Å²) >= 11 is 5.01. The quantitative estimate of drug-likeness (QED) is 0.0592. The number of carbonyl (C=O) groups excluding carboxylic acids is 4. The molecule has 0 spiro atoms. The number of hydrogen-bond donors (Lipinski definition) is 4. The van der Waals surface area contributed by atoms with Crippen LogP contribution in [0.2, 0.25) is 0 Å². The van der Waals surface area contributed by atoms with Crippen molar-refractivity contribution < 1.29 is 38.7 Å². The zero-order chi connectivity index (χ0) is 31.1. The lowest BCUT2D eigenvalue weighted by Gasteiger charge is -2.49. The summed E-state index contributed by atoms with van der Waals surface area (Å²) in [7, 11) is 0. The van der Waals surface area contributed by atoms with E-state index in [1.807, 2.05) is 0 Å². The summed E-state index contributed by atoms with van der Waals surface area (Å²) in [4.78, 5) is 71.8. The van der Waals surface area contributed by atoms with E-state index in [4.69, 9.17) is 9.57 Å². The number of aliphatic carboxylic acids is 1. The Morgan fingerprint density at radius 3 is 2.77 bits per heavy atom. The van der Waals surface area contributed by atoms with E-state index < -0.39 is 40.9 Å². The van der Waals surface area contributed by atoms with Crippen LogP contribution in [-0.4, -0.2) is 103 Å². The molecule has 0 aromatic carbocycles. The molecule has 1 fully saturated rings. The van der Waals surface area contributed by atoms with Gasteiger partial charge in [-0.1, -0.05) is 28.3 Å². The summed E-state index contributed by atoms with van der Waals surface area (Å²) in [5.41, 5.74) is 1.10. The van der Waals surface area contributed by atoms with E-state index in [0.29, 0.717) is 27.8 Å². The number of aromatic nitrogens is 3. The highest BCUT2D eigenvalue weighted by molar-refractivity contribution is 8.01. The molecule has 4 N–H and O–H groups in total. The number of carboxylic acid groups (broad SMARTS) is 1. The molecule has 0 bridgehead atoms. The molecule has 0 radical (unpaired) electrons. The molecule has 0 saturated carbocycles. The van der Waals surface area contributed by atoms with Gasteiger partial charge in [-0.25, -0.2) is 14.6 Å². The first kappa shape index (κ1) is 32.2. The number of alkyl carbamates (subject to hydrolysis) is 1. The Kier molecular flexibility index (Phi) is 10.6. The molecule has 2 aromatic rings. The summed E-state index contributed by atoms with van der Waals surface area (Å²) in [6.07, 6.45) is -0.231. The van der Waals surface area contributed by atoms with E-state index >= 15 is 0 Å². The number of nitrogens with one attached hydrogen (secondary N) is 3. The fourth-order valence-electron chi connectivity index (χ4n) is 3.71. The second-order valence-corrected chi connectivity index (χ2v) is 13.6. The molecule has 20 heteroatoms. The number of hydrogen-bond acceptors (Lipinski definition) is 15. The maximum Gasteiger partial charge on any atom is 0.407 e. The Balaban J connectivity index is 1.43. The highest BCUT2D eigenvalue weighted by Crippen LogP contribution is 2.41. The Morgan fingerprint density at radius 2 is 2.09 bits per heavy atom. The van der Waals surface area contributed by atoms with Crippen molar-refractivity contribution in [1.29, 1.82) is 0 Å². The zero-order valence-corrected chi connectivity index (χ0v) is 26.2. The van der Waals surface area contributed by atoms with Crippen molar-refractivity contribution in [2.45, 2.75) is 42.1 Å². The van der Waals surface area contributed by atoms with Crippen molar-refractivity contribution in [1.82, 2.24) is 30.7 Å². The Hall–Kier alpha value is -3.75. The molecule has 2 aliphatic rings.